The molecule has 148 valence electrons. The van der Waals surface area contributed by atoms with E-state index >= 15 is 0 Å². The van der Waals surface area contributed by atoms with Crippen molar-refractivity contribution in [2.75, 3.05) is 41.8 Å². The monoisotopic (exact) mass is 415 g/mol. The van der Waals surface area contributed by atoms with Gasteiger partial charge in [0, 0.05) is 42.7 Å². The van der Waals surface area contributed by atoms with Crippen molar-refractivity contribution in [3.63, 3.8) is 0 Å². The standard InChI is InChI=1S/C21H25N3O2S2/c25-20(16-3-4-16)23-19-8-7-18(28-19)21(26)22-17-5-1-15(2-6-17)9-10-24-11-13-27-14-12-24/h1-2,5-8,16H,3-4,9-14H2,(H,22,26)(H,23,25). The second-order valence-electron chi connectivity index (χ2n) is 7.28. The summed E-state index contributed by atoms with van der Waals surface area (Å²) in [5.74, 6) is 2.55. The fourth-order valence-corrected chi connectivity index (χ4v) is 4.94. The normalized spacial score (nSPS) is 17.3. The summed E-state index contributed by atoms with van der Waals surface area (Å²) in [6, 6.07) is 11.6. The second kappa shape index (κ2) is 9.11. The van der Waals surface area contributed by atoms with Gasteiger partial charge in [0.15, 0.2) is 0 Å². The summed E-state index contributed by atoms with van der Waals surface area (Å²) in [4.78, 5) is 27.4. The number of amides is 2. The SMILES string of the molecule is O=C(Nc1ccc(CCN2CCSCC2)cc1)c1ccc(NC(=O)C2CC2)s1. The van der Waals surface area contributed by atoms with Crippen molar-refractivity contribution in [1.82, 2.24) is 4.90 Å². The number of rotatable bonds is 7. The summed E-state index contributed by atoms with van der Waals surface area (Å²) >= 11 is 3.34. The Bertz CT molecular complexity index is 824. The van der Waals surface area contributed by atoms with E-state index in [-0.39, 0.29) is 17.7 Å². The Morgan fingerprint density at radius 3 is 2.46 bits per heavy atom. The minimum absolute atomic E-state index is 0.0627. The number of thiophene rings is 1. The molecule has 1 aliphatic heterocycles. The van der Waals surface area contributed by atoms with Gasteiger partial charge in [0.05, 0.1) is 9.88 Å². The smallest absolute Gasteiger partial charge is 0.265 e. The number of carbonyl (C=O) groups excluding carboxylic acids is 2. The van der Waals surface area contributed by atoms with Crippen LogP contribution in [0, 0.1) is 5.92 Å². The molecule has 2 fully saturated rings. The van der Waals surface area contributed by atoms with Gasteiger partial charge in [-0.2, -0.15) is 11.8 Å². The molecule has 1 saturated carbocycles. The highest BCUT2D eigenvalue weighted by atomic mass is 32.2. The molecule has 0 radical (unpaired) electrons. The van der Waals surface area contributed by atoms with Gasteiger partial charge in [-0.25, -0.2) is 0 Å². The van der Waals surface area contributed by atoms with Crippen molar-refractivity contribution in [2.24, 2.45) is 5.92 Å². The van der Waals surface area contributed by atoms with Gasteiger partial charge in [-0.3, -0.25) is 9.59 Å². The first-order chi connectivity index (χ1) is 13.7. The molecular weight excluding hydrogens is 390 g/mol. The highest BCUT2D eigenvalue weighted by molar-refractivity contribution is 7.99. The van der Waals surface area contributed by atoms with Crippen molar-refractivity contribution >= 4 is 45.6 Å². The van der Waals surface area contributed by atoms with Gasteiger partial charge in [-0.1, -0.05) is 12.1 Å². The number of thioether (sulfide) groups is 1. The zero-order valence-electron chi connectivity index (χ0n) is 15.8. The minimum atomic E-state index is -0.143. The van der Waals surface area contributed by atoms with E-state index in [1.165, 1.54) is 41.5 Å². The molecule has 2 aliphatic rings. The first kappa shape index (κ1) is 19.5. The van der Waals surface area contributed by atoms with E-state index in [0.29, 0.717) is 4.88 Å². The van der Waals surface area contributed by atoms with Crippen LogP contribution in [0.25, 0.3) is 0 Å². The Morgan fingerprint density at radius 2 is 1.75 bits per heavy atom. The maximum absolute atomic E-state index is 12.5. The van der Waals surface area contributed by atoms with Crippen molar-refractivity contribution in [3.05, 3.63) is 46.8 Å². The number of nitrogens with zero attached hydrogens (tertiary/aromatic N) is 1. The summed E-state index contributed by atoms with van der Waals surface area (Å²) in [5.41, 5.74) is 2.08. The van der Waals surface area contributed by atoms with Crippen molar-refractivity contribution in [1.29, 1.82) is 0 Å². The summed E-state index contributed by atoms with van der Waals surface area (Å²) in [6.07, 6.45) is 2.98. The van der Waals surface area contributed by atoms with Crippen molar-refractivity contribution in [2.45, 2.75) is 19.3 Å². The quantitative estimate of drug-likeness (QED) is 0.719. The Labute approximate surface area is 173 Å². The molecule has 0 spiro atoms. The third-order valence-electron chi connectivity index (χ3n) is 5.06. The molecule has 7 heteroatoms. The van der Waals surface area contributed by atoms with Crippen molar-refractivity contribution in [3.8, 4) is 0 Å². The third kappa shape index (κ3) is 5.37. The van der Waals surface area contributed by atoms with Gasteiger partial charge in [-0.05, 0) is 49.1 Å². The van der Waals surface area contributed by atoms with Crippen LogP contribution in [0.3, 0.4) is 0 Å². The lowest BCUT2D eigenvalue weighted by molar-refractivity contribution is -0.117. The number of anilines is 2. The van der Waals surface area contributed by atoms with E-state index in [4.69, 9.17) is 0 Å². The molecule has 2 aromatic rings. The summed E-state index contributed by atoms with van der Waals surface area (Å²) in [6.45, 7) is 3.46. The third-order valence-corrected chi connectivity index (χ3v) is 7.00. The van der Waals surface area contributed by atoms with E-state index in [2.05, 4.69) is 27.7 Å². The van der Waals surface area contributed by atoms with Gasteiger partial charge in [0.1, 0.15) is 0 Å². The number of carbonyl (C=O) groups is 2. The zero-order valence-corrected chi connectivity index (χ0v) is 17.4. The van der Waals surface area contributed by atoms with Crippen LogP contribution in [0.4, 0.5) is 10.7 Å². The lowest BCUT2D eigenvalue weighted by Crippen LogP contribution is -2.34. The van der Waals surface area contributed by atoms with Gasteiger partial charge < -0.3 is 15.5 Å². The fraction of sp³-hybridized carbons (Fsp3) is 0.429. The van der Waals surface area contributed by atoms with E-state index in [9.17, 15) is 9.59 Å². The fourth-order valence-electron chi connectivity index (χ4n) is 3.16. The molecule has 5 nitrogen and oxygen atoms in total. The summed E-state index contributed by atoms with van der Waals surface area (Å²) in [7, 11) is 0. The molecule has 0 atom stereocenters. The summed E-state index contributed by atoms with van der Waals surface area (Å²) in [5, 5.41) is 6.55. The highest BCUT2D eigenvalue weighted by Gasteiger charge is 2.29. The molecule has 1 saturated heterocycles. The highest BCUT2D eigenvalue weighted by Crippen LogP contribution is 2.31. The van der Waals surface area contributed by atoms with Gasteiger partial charge >= 0.3 is 0 Å². The molecule has 0 bridgehead atoms. The first-order valence-electron chi connectivity index (χ1n) is 9.78. The summed E-state index contributed by atoms with van der Waals surface area (Å²) < 4.78 is 0. The average Bonchev–Trinajstić information content (AvgIpc) is 3.47. The van der Waals surface area contributed by atoms with Gasteiger partial charge in [0.2, 0.25) is 5.91 Å². The van der Waals surface area contributed by atoms with Crippen LogP contribution < -0.4 is 10.6 Å². The molecule has 2 N–H and O–H groups in total. The maximum Gasteiger partial charge on any atom is 0.265 e. The number of hydrogen-bond acceptors (Lipinski definition) is 5. The minimum Gasteiger partial charge on any atom is -0.321 e. The van der Waals surface area contributed by atoms with Crippen LogP contribution in [0.1, 0.15) is 28.1 Å². The predicted molar refractivity (Wildman–Crippen MR) is 118 cm³/mol. The predicted octanol–water partition coefficient (Wildman–Crippen LogP) is 3.94. The van der Waals surface area contributed by atoms with Gasteiger partial charge in [-0.15, -0.1) is 11.3 Å². The molecule has 1 aromatic heterocycles. The number of benzene rings is 1. The molecule has 0 unspecified atom stereocenters. The van der Waals surface area contributed by atoms with Crippen molar-refractivity contribution < 1.29 is 9.59 Å². The van der Waals surface area contributed by atoms with Crippen LogP contribution in [0.2, 0.25) is 0 Å². The Morgan fingerprint density at radius 1 is 1.00 bits per heavy atom. The van der Waals surface area contributed by atoms with Gasteiger partial charge in [0.25, 0.3) is 5.91 Å². The van der Waals surface area contributed by atoms with Crippen LogP contribution in [-0.2, 0) is 11.2 Å². The maximum atomic E-state index is 12.5. The molecule has 1 aromatic carbocycles. The second-order valence-corrected chi connectivity index (χ2v) is 9.59. The topological polar surface area (TPSA) is 61.4 Å². The van der Waals surface area contributed by atoms with Crippen LogP contribution >= 0.6 is 23.1 Å². The van der Waals surface area contributed by atoms with Crippen LogP contribution in [0.5, 0.6) is 0 Å². The molecule has 2 heterocycles. The molecule has 28 heavy (non-hydrogen) atoms. The van der Waals surface area contributed by atoms with E-state index in [0.717, 1.165) is 36.5 Å². The Hall–Kier alpha value is -1.83. The first-order valence-corrected chi connectivity index (χ1v) is 11.8. The van der Waals surface area contributed by atoms with Crippen LogP contribution in [-0.4, -0.2) is 47.9 Å². The lowest BCUT2D eigenvalue weighted by atomic mass is 10.1. The number of nitrogens with one attached hydrogen (secondary N) is 2. The number of hydrogen-bond donors (Lipinski definition) is 2. The van der Waals surface area contributed by atoms with E-state index < -0.39 is 0 Å². The Kier molecular flexibility index (Phi) is 6.34. The van der Waals surface area contributed by atoms with Crippen LogP contribution in [0.15, 0.2) is 36.4 Å². The molecule has 4 rings (SSSR count). The van der Waals surface area contributed by atoms with E-state index in [1.807, 2.05) is 23.9 Å². The zero-order chi connectivity index (χ0) is 19.3. The molecule has 1 aliphatic carbocycles. The molecular formula is C21H25N3O2S2. The lowest BCUT2D eigenvalue weighted by Gasteiger charge is -2.26. The Balaban J connectivity index is 1.27. The largest absolute Gasteiger partial charge is 0.321 e. The molecule has 2 amide bonds. The average molecular weight is 416 g/mol. The van der Waals surface area contributed by atoms with E-state index in [1.54, 1.807) is 12.1 Å².